The van der Waals surface area contributed by atoms with Gasteiger partial charge in [-0.05, 0) is 29.8 Å². The maximum atomic E-state index is 11.9. The molecule has 0 bridgehead atoms. The smallest absolute Gasteiger partial charge is 0.244 e. The Bertz CT molecular complexity index is 699. The maximum Gasteiger partial charge on any atom is 0.244 e. The third-order valence-electron chi connectivity index (χ3n) is 3.02. The molecule has 0 aliphatic heterocycles. The molecule has 5 heteroatoms. The molecule has 0 heterocycles. The fraction of sp³-hybridized carbons (Fsp3) is 0.118. The molecule has 0 saturated heterocycles. The van der Waals surface area contributed by atoms with Crippen molar-refractivity contribution in [3.63, 3.8) is 0 Å². The molecule has 0 radical (unpaired) electrons. The molecule has 0 fully saturated rings. The van der Waals surface area contributed by atoms with Crippen LogP contribution >= 0.6 is 23.2 Å². The van der Waals surface area contributed by atoms with Gasteiger partial charge in [-0.15, -0.1) is 0 Å². The number of para-hydroxylation sites is 1. The van der Waals surface area contributed by atoms with E-state index in [1.165, 1.54) is 6.08 Å². The van der Waals surface area contributed by atoms with Crippen LogP contribution in [0.2, 0.25) is 10.0 Å². The fourth-order valence-corrected chi connectivity index (χ4v) is 2.36. The molecule has 0 aliphatic rings. The minimum Gasteiger partial charge on any atom is -0.496 e. The molecule has 0 unspecified atom stereocenters. The number of carbonyl (C=O) groups is 1. The Morgan fingerprint density at radius 3 is 2.73 bits per heavy atom. The summed E-state index contributed by atoms with van der Waals surface area (Å²) in [5.74, 6) is 0.532. The highest BCUT2D eigenvalue weighted by Gasteiger charge is 2.03. The van der Waals surface area contributed by atoms with Crippen molar-refractivity contribution in [2.45, 2.75) is 6.54 Å². The summed E-state index contributed by atoms with van der Waals surface area (Å²) in [4.78, 5) is 11.9. The lowest BCUT2D eigenvalue weighted by molar-refractivity contribution is -0.116. The largest absolute Gasteiger partial charge is 0.496 e. The number of benzene rings is 2. The first-order valence-corrected chi connectivity index (χ1v) is 7.38. The van der Waals surface area contributed by atoms with Gasteiger partial charge in [-0.1, -0.05) is 47.5 Å². The van der Waals surface area contributed by atoms with Crippen LogP contribution in [0.4, 0.5) is 0 Å². The van der Waals surface area contributed by atoms with E-state index in [0.29, 0.717) is 16.6 Å². The highest BCUT2D eigenvalue weighted by Crippen LogP contribution is 2.22. The molecule has 1 amide bonds. The van der Waals surface area contributed by atoms with Crippen LogP contribution in [0.15, 0.2) is 48.5 Å². The van der Waals surface area contributed by atoms with Crippen LogP contribution in [-0.2, 0) is 11.3 Å². The average Bonchev–Trinajstić information content (AvgIpc) is 2.52. The molecule has 1 N–H and O–H groups in total. The zero-order chi connectivity index (χ0) is 15.9. The van der Waals surface area contributed by atoms with E-state index in [2.05, 4.69) is 5.32 Å². The van der Waals surface area contributed by atoms with Crippen LogP contribution in [-0.4, -0.2) is 13.0 Å². The summed E-state index contributed by atoms with van der Waals surface area (Å²) in [7, 11) is 1.60. The van der Waals surface area contributed by atoms with E-state index in [-0.39, 0.29) is 5.91 Å². The number of methoxy groups -OCH3 is 1. The molecule has 2 rings (SSSR count). The van der Waals surface area contributed by atoms with Crippen molar-refractivity contribution in [3.8, 4) is 5.75 Å². The molecule has 0 spiro atoms. The van der Waals surface area contributed by atoms with Crippen LogP contribution in [0.25, 0.3) is 6.08 Å². The zero-order valence-electron chi connectivity index (χ0n) is 12.0. The summed E-state index contributed by atoms with van der Waals surface area (Å²) in [5, 5.41) is 3.86. The van der Waals surface area contributed by atoms with Gasteiger partial charge >= 0.3 is 0 Å². The summed E-state index contributed by atoms with van der Waals surface area (Å²) in [6.07, 6.45) is 3.08. The number of carbonyl (C=O) groups excluding carboxylic acids is 1. The molecule has 2 aromatic carbocycles. The minimum atomic E-state index is -0.211. The zero-order valence-corrected chi connectivity index (χ0v) is 13.5. The van der Waals surface area contributed by atoms with Gasteiger partial charge in [0, 0.05) is 28.2 Å². The molecule has 0 aromatic heterocycles. The number of ether oxygens (including phenoxy) is 1. The number of hydrogen-bond acceptors (Lipinski definition) is 2. The van der Waals surface area contributed by atoms with Crippen LogP contribution in [0.5, 0.6) is 5.75 Å². The van der Waals surface area contributed by atoms with Crippen LogP contribution in [0, 0.1) is 0 Å². The van der Waals surface area contributed by atoms with Crippen molar-refractivity contribution in [3.05, 3.63) is 69.7 Å². The van der Waals surface area contributed by atoms with E-state index in [1.54, 1.807) is 31.4 Å². The minimum absolute atomic E-state index is 0.211. The van der Waals surface area contributed by atoms with Crippen molar-refractivity contribution in [2.24, 2.45) is 0 Å². The van der Waals surface area contributed by atoms with Gasteiger partial charge in [0.1, 0.15) is 5.75 Å². The van der Waals surface area contributed by atoms with Gasteiger partial charge in [-0.25, -0.2) is 0 Å². The van der Waals surface area contributed by atoms with E-state index < -0.39 is 0 Å². The molecule has 114 valence electrons. The maximum absolute atomic E-state index is 11.9. The Balaban J connectivity index is 1.97. The van der Waals surface area contributed by atoms with E-state index in [9.17, 15) is 4.79 Å². The van der Waals surface area contributed by atoms with Crippen LogP contribution in [0.3, 0.4) is 0 Å². The molecular formula is C17H15Cl2NO2. The number of nitrogens with one attached hydrogen (secondary N) is 1. The number of halogens is 2. The monoisotopic (exact) mass is 335 g/mol. The van der Waals surface area contributed by atoms with Crippen LogP contribution < -0.4 is 10.1 Å². The molecule has 3 nitrogen and oxygen atoms in total. The third-order valence-corrected chi connectivity index (χ3v) is 3.58. The third kappa shape index (κ3) is 4.52. The predicted molar refractivity (Wildman–Crippen MR) is 90.3 cm³/mol. The standard InChI is InChI=1S/C17H15Cl2NO2/c1-22-16-5-3-2-4-13(16)11-20-17(21)9-7-12-6-8-14(18)10-15(12)19/h2-10H,11H2,1H3,(H,20,21)/b9-7+. The summed E-state index contributed by atoms with van der Waals surface area (Å²) < 4.78 is 5.23. The first-order chi connectivity index (χ1) is 10.6. The van der Waals surface area contributed by atoms with Gasteiger partial charge in [0.2, 0.25) is 5.91 Å². The number of rotatable bonds is 5. The van der Waals surface area contributed by atoms with E-state index in [4.69, 9.17) is 27.9 Å². The Kier molecular flexibility index (Phi) is 5.87. The molecule has 22 heavy (non-hydrogen) atoms. The second kappa shape index (κ2) is 7.87. The lowest BCUT2D eigenvalue weighted by atomic mass is 10.2. The molecule has 0 atom stereocenters. The summed E-state index contributed by atoms with van der Waals surface area (Å²) in [6.45, 7) is 0.390. The highest BCUT2D eigenvalue weighted by atomic mass is 35.5. The average molecular weight is 336 g/mol. The van der Waals surface area contributed by atoms with Gasteiger partial charge < -0.3 is 10.1 Å². The van der Waals surface area contributed by atoms with Gasteiger partial charge in [0.25, 0.3) is 0 Å². The molecule has 0 saturated carbocycles. The second-order valence-corrected chi connectivity index (χ2v) is 5.37. The van der Waals surface area contributed by atoms with E-state index in [0.717, 1.165) is 16.9 Å². The van der Waals surface area contributed by atoms with Gasteiger partial charge in [0.15, 0.2) is 0 Å². The highest BCUT2D eigenvalue weighted by molar-refractivity contribution is 6.35. The first kappa shape index (κ1) is 16.4. The van der Waals surface area contributed by atoms with Crippen molar-refractivity contribution in [1.82, 2.24) is 5.32 Å². The normalized spacial score (nSPS) is 10.7. The summed E-state index contributed by atoms with van der Waals surface area (Å²) >= 11 is 11.9. The summed E-state index contributed by atoms with van der Waals surface area (Å²) in [6, 6.07) is 12.6. The fourth-order valence-electron chi connectivity index (χ4n) is 1.89. The lowest BCUT2D eigenvalue weighted by Crippen LogP contribution is -2.20. The first-order valence-electron chi connectivity index (χ1n) is 6.63. The Morgan fingerprint density at radius 2 is 2.00 bits per heavy atom. The quantitative estimate of drug-likeness (QED) is 0.826. The molecular weight excluding hydrogens is 321 g/mol. The lowest BCUT2D eigenvalue weighted by Gasteiger charge is -2.08. The van der Waals surface area contributed by atoms with E-state index in [1.807, 2.05) is 24.3 Å². The number of hydrogen-bond donors (Lipinski definition) is 1. The van der Waals surface area contributed by atoms with Crippen LogP contribution in [0.1, 0.15) is 11.1 Å². The van der Waals surface area contributed by atoms with Crippen molar-refractivity contribution in [2.75, 3.05) is 7.11 Å². The Hall–Kier alpha value is -1.97. The van der Waals surface area contributed by atoms with Gasteiger partial charge in [-0.3, -0.25) is 4.79 Å². The van der Waals surface area contributed by atoms with Crippen molar-refractivity contribution >= 4 is 35.2 Å². The topological polar surface area (TPSA) is 38.3 Å². The predicted octanol–water partition coefficient (Wildman–Crippen LogP) is 4.33. The SMILES string of the molecule is COc1ccccc1CNC(=O)/C=C/c1ccc(Cl)cc1Cl. The number of amides is 1. The Morgan fingerprint density at radius 1 is 1.23 bits per heavy atom. The molecule has 2 aromatic rings. The second-order valence-electron chi connectivity index (χ2n) is 4.53. The van der Waals surface area contributed by atoms with Crippen molar-refractivity contribution < 1.29 is 9.53 Å². The van der Waals surface area contributed by atoms with Gasteiger partial charge in [0.05, 0.1) is 7.11 Å². The Labute approximate surface area is 139 Å². The van der Waals surface area contributed by atoms with Gasteiger partial charge in [-0.2, -0.15) is 0 Å². The van der Waals surface area contributed by atoms with E-state index >= 15 is 0 Å². The summed E-state index contributed by atoms with van der Waals surface area (Å²) in [5.41, 5.74) is 1.65. The molecule has 0 aliphatic carbocycles. The van der Waals surface area contributed by atoms with Crippen molar-refractivity contribution in [1.29, 1.82) is 0 Å².